The molecule has 1 aromatic heterocycles. The number of hydrogen-bond donors (Lipinski definition) is 2. The Hall–Kier alpha value is -2.18. The number of nitrogens with zero attached hydrogens (tertiary/aromatic N) is 1. The Morgan fingerprint density at radius 2 is 1.92 bits per heavy atom. The van der Waals surface area contributed by atoms with Crippen molar-refractivity contribution in [3.63, 3.8) is 0 Å². The summed E-state index contributed by atoms with van der Waals surface area (Å²) in [5.41, 5.74) is 2.91. The zero-order valence-electron chi connectivity index (χ0n) is 13.3. The molecule has 2 aromatic rings. The molecule has 0 saturated heterocycles. The number of amides is 2. The van der Waals surface area contributed by atoms with E-state index in [0.717, 1.165) is 4.88 Å². The van der Waals surface area contributed by atoms with E-state index in [1.54, 1.807) is 30.5 Å². The van der Waals surface area contributed by atoms with Gasteiger partial charge in [0.15, 0.2) is 0 Å². The van der Waals surface area contributed by atoms with E-state index in [1.165, 1.54) is 11.3 Å². The second-order valence-corrected chi connectivity index (χ2v) is 6.87. The smallest absolute Gasteiger partial charge is 0.262 e. The van der Waals surface area contributed by atoms with E-state index < -0.39 is 6.04 Å². The fourth-order valence-electron chi connectivity index (χ4n) is 1.95. The Balaban J connectivity index is 1.98. The normalized spacial score (nSPS) is 12.3. The van der Waals surface area contributed by atoms with E-state index in [-0.39, 0.29) is 17.7 Å². The maximum Gasteiger partial charge on any atom is 0.262 e. The summed E-state index contributed by atoms with van der Waals surface area (Å²) in [4.78, 5) is 25.5. The molecule has 2 rings (SSSR count). The van der Waals surface area contributed by atoms with Gasteiger partial charge in [0.25, 0.3) is 11.8 Å². The van der Waals surface area contributed by atoms with Crippen molar-refractivity contribution in [2.24, 2.45) is 11.0 Å². The molecule has 0 radical (unpaired) electrons. The molecule has 1 unspecified atom stereocenters. The van der Waals surface area contributed by atoms with Crippen molar-refractivity contribution in [2.75, 3.05) is 0 Å². The van der Waals surface area contributed by atoms with Crippen LogP contribution in [0.5, 0.6) is 0 Å². The van der Waals surface area contributed by atoms with Gasteiger partial charge >= 0.3 is 0 Å². The summed E-state index contributed by atoms with van der Waals surface area (Å²) in [5, 5.41) is 9.13. The Morgan fingerprint density at radius 3 is 2.50 bits per heavy atom. The number of carbonyl (C=O) groups excluding carboxylic acids is 2. The molecule has 0 bridgehead atoms. The first-order valence-corrected chi connectivity index (χ1v) is 8.66. The maximum atomic E-state index is 12.3. The molecule has 0 aliphatic heterocycles. The number of rotatable bonds is 6. The number of hydrogen-bond acceptors (Lipinski definition) is 4. The molecule has 0 fully saturated rings. The lowest BCUT2D eigenvalue weighted by molar-refractivity contribution is -0.123. The topological polar surface area (TPSA) is 70.6 Å². The quantitative estimate of drug-likeness (QED) is 0.610. The van der Waals surface area contributed by atoms with Crippen LogP contribution >= 0.6 is 22.9 Å². The second-order valence-electron chi connectivity index (χ2n) is 5.45. The minimum absolute atomic E-state index is 0.0850. The third-order valence-corrected chi connectivity index (χ3v) is 4.31. The molecule has 24 heavy (non-hydrogen) atoms. The minimum atomic E-state index is -0.686. The highest BCUT2D eigenvalue weighted by Gasteiger charge is 2.24. The lowest BCUT2D eigenvalue weighted by Crippen LogP contribution is -2.48. The summed E-state index contributed by atoms with van der Waals surface area (Å²) >= 11 is 7.33. The first-order valence-electron chi connectivity index (χ1n) is 7.40. The van der Waals surface area contributed by atoms with Crippen molar-refractivity contribution in [3.8, 4) is 0 Å². The Labute approximate surface area is 149 Å². The molecule has 0 saturated carbocycles. The molecule has 2 amide bonds. The lowest BCUT2D eigenvalue weighted by atomic mass is 10.0. The summed E-state index contributed by atoms with van der Waals surface area (Å²) < 4.78 is 0. The van der Waals surface area contributed by atoms with Gasteiger partial charge < -0.3 is 5.32 Å². The summed E-state index contributed by atoms with van der Waals surface area (Å²) in [5.74, 6) is -0.777. The number of carbonyl (C=O) groups is 2. The first kappa shape index (κ1) is 18.2. The van der Waals surface area contributed by atoms with Crippen LogP contribution in [0, 0.1) is 5.92 Å². The third-order valence-electron chi connectivity index (χ3n) is 3.25. The summed E-state index contributed by atoms with van der Waals surface area (Å²) in [6.07, 6.45) is 1.57. The van der Waals surface area contributed by atoms with Crippen molar-refractivity contribution in [1.82, 2.24) is 10.7 Å². The van der Waals surface area contributed by atoms with Gasteiger partial charge in [-0.3, -0.25) is 9.59 Å². The van der Waals surface area contributed by atoms with Crippen molar-refractivity contribution in [3.05, 3.63) is 57.2 Å². The summed E-state index contributed by atoms with van der Waals surface area (Å²) in [6, 6.07) is 9.59. The molecule has 126 valence electrons. The molecule has 0 aliphatic carbocycles. The van der Waals surface area contributed by atoms with E-state index >= 15 is 0 Å². The zero-order chi connectivity index (χ0) is 17.5. The average molecular weight is 364 g/mol. The molecule has 1 aromatic carbocycles. The monoisotopic (exact) mass is 363 g/mol. The fraction of sp³-hybridized carbons (Fsp3) is 0.235. The lowest BCUT2D eigenvalue weighted by Gasteiger charge is -2.20. The van der Waals surface area contributed by atoms with Crippen LogP contribution in [0.15, 0.2) is 46.9 Å². The van der Waals surface area contributed by atoms with Gasteiger partial charge in [-0.15, -0.1) is 11.3 Å². The Bertz CT molecular complexity index is 712. The molecule has 0 spiro atoms. The minimum Gasteiger partial charge on any atom is -0.340 e. The van der Waals surface area contributed by atoms with Crippen LogP contribution in [-0.2, 0) is 4.79 Å². The van der Waals surface area contributed by atoms with Gasteiger partial charge in [-0.05, 0) is 41.6 Å². The molecule has 7 heteroatoms. The van der Waals surface area contributed by atoms with Crippen molar-refractivity contribution in [1.29, 1.82) is 0 Å². The summed E-state index contributed by atoms with van der Waals surface area (Å²) in [6.45, 7) is 3.71. The van der Waals surface area contributed by atoms with Crippen LogP contribution in [0.1, 0.15) is 29.1 Å². The average Bonchev–Trinajstić information content (AvgIpc) is 3.06. The van der Waals surface area contributed by atoms with Gasteiger partial charge in [-0.2, -0.15) is 5.10 Å². The third kappa shape index (κ3) is 5.18. The van der Waals surface area contributed by atoms with E-state index in [4.69, 9.17) is 11.6 Å². The van der Waals surface area contributed by atoms with Gasteiger partial charge in [0.2, 0.25) is 0 Å². The fourth-order valence-corrected chi connectivity index (χ4v) is 2.67. The highest BCUT2D eigenvalue weighted by molar-refractivity contribution is 7.11. The van der Waals surface area contributed by atoms with Crippen molar-refractivity contribution in [2.45, 2.75) is 19.9 Å². The van der Waals surface area contributed by atoms with Gasteiger partial charge in [0.05, 0.1) is 6.21 Å². The Kier molecular flexibility index (Phi) is 6.52. The molecule has 1 heterocycles. The van der Waals surface area contributed by atoms with Crippen LogP contribution in [0.2, 0.25) is 5.02 Å². The van der Waals surface area contributed by atoms with Crippen LogP contribution in [-0.4, -0.2) is 24.1 Å². The number of halogens is 1. The number of benzene rings is 1. The van der Waals surface area contributed by atoms with Gasteiger partial charge in [0, 0.05) is 15.5 Å². The van der Waals surface area contributed by atoms with Crippen LogP contribution < -0.4 is 10.7 Å². The molecule has 2 N–H and O–H groups in total. The number of thiophene rings is 1. The van der Waals surface area contributed by atoms with E-state index in [1.807, 2.05) is 31.4 Å². The maximum absolute atomic E-state index is 12.3. The largest absolute Gasteiger partial charge is 0.340 e. The van der Waals surface area contributed by atoms with Crippen LogP contribution in [0.4, 0.5) is 0 Å². The molecular weight excluding hydrogens is 346 g/mol. The second kappa shape index (κ2) is 8.61. The van der Waals surface area contributed by atoms with Gasteiger partial charge in [0.1, 0.15) is 6.04 Å². The standard InChI is InChI=1S/C17H18ClN3O2S/c1-11(2)15(17(23)21-19-10-14-4-3-9-24-14)20-16(22)12-5-7-13(18)8-6-12/h3-11,15H,1-2H3,(H,20,22)(H,21,23). The molecular formula is C17H18ClN3O2S. The van der Waals surface area contributed by atoms with E-state index in [0.29, 0.717) is 10.6 Å². The van der Waals surface area contributed by atoms with E-state index in [9.17, 15) is 9.59 Å². The number of hydrazone groups is 1. The SMILES string of the molecule is CC(C)C(NC(=O)c1ccc(Cl)cc1)C(=O)NN=Cc1cccs1. The van der Waals surface area contributed by atoms with E-state index in [2.05, 4.69) is 15.8 Å². The van der Waals surface area contributed by atoms with Gasteiger partial charge in [-0.1, -0.05) is 31.5 Å². The van der Waals surface area contributed by atoms with Gasteiger partial charge in [-0.25, -0.2) is 5.43 Å². The molecule has 0 aliphatic rings. The highest BCUT2D eigenvalue weighted by atomic mass is 35.5. The number of nitrogens with one attached hydrogen (secondary N) is 2. The predicted molar refractivity (Wildman–Crippen MR) is 97.6 cm³/mol. The van der Waals surface area contributed by atoms with Crippen LogP contribution in [0.25, 0.3) is 0 Å². The van der Waals surface area contributed by atoms with Crippen molar-refractivity contribution >= 4 is 41.0 Å². The highest BCUT2D eigenvalue weighted by Crippen LogP contribution is 2.11. The first-order chi connectivity index (χ1) is 11.5. The molecule has 1 atom stereocenters. The van der Waals surface area contributed by atoms with Crippen LogP contribution in [0.3, 0.4) is 0 Å². The predicted octanol–water partition coefficient (Wildman–Crippen LogP) is 3.31. The van der Waals surface area contributed by atoms with Crippen molar-refractivity contribution < 1.29 is 9.59 Å². The Morgan fingerprint density at radius 1 is 1.21 bits per heavy atom. The molecule has 5 nitrogen and oxygen atoms in total. The zero-order valence-corrected chi connectivity index (χ0v) is 14.9. The summed E-state index contributed by atoms with van der Waals surface area (Å²) in [7, 11) is 0.